The summed E-state index contributed by atoms with van der Waals surface area (Å²) in [5.74, 6) is 0.321. The van der Waals surface area contributed by atoms with Gasteiger partial charge in [-0.1, -0.05) is 54.6 Å². The van der Waals surface area contributed by atoms with Gasteiger partial charge in [0.2, 0.25) is 0 Å². The van der Waals surface area contributed by atoms with E-state index < -0.39 is 0 Å². The molecule has 1 heterocycles. The minimum absolute atomic E-state index is 0.182. The molecule has 7 nitrogen and oxygen atoms in total. The van der Waals surface area contributed by atoms with Crippen LogP contribution in [-0.4, -0.2) is 30.7 Å². The van der Waals surface area contributed by atoms with Crippen LogP contribution in [0, 0.1) is 0 Å². The minimum Gasteiger partial charge on any atom is -0.493 e. The van der Waals surface area contributed by atoms with E-state index in [0.717, 1.165) is 16.9 Å². The standard InChI is InChI=1S/C31H24BrN3O4S/c1-38-26-18-21(17-25(32)29(26)39-20-28(36)33-22-11-5-2-6-12-22)19-27-30(37)35(24-15-9-4-10-16-24)31(40-27)34-23-13-7-3-8-14-23/h2-19H,20H2,1H3,(H,33,36)/b27-19-,34-31?. The van der Waals surface area contributed by atoms with Crippen LogP contribution in [0.1, 0.15) is 5.56 Å². The maximum absolute atomic E-state index is 13.6. The fraction of sp³-hybridized carbons (Fsp3) is 0.0645. The van der Waals surface area contributed by atoms with Gasteiger partial charge in [0.05, 0.1) is 27.9 Å². The Morgan fingerprint density at radius 3 is 2.30 bits per heavy atom. The molecule has 0 aliphatic carbocycles. The van der Waals surface area contributed by atoms with Crippen molar-refractivity contribution in [2.75, 3.05) is 23.9 Å². The highest BCUT2D eigenvalue weighted by atomic mass is 79.9. The average molecular weight is 615 g/mol. The molecule has 1 fully saturated rings. The van der Waals surface area contributed by atoms with E-state index in [2.05, 4.69) is 21.2 Å². The largest absolute Gasteiger partial charge is 0.493 e. The summed E-state index contributed by atoms with van der Waals surface area (Å²) in [6.07, 6.45) is 1.79. The number of ether oxygens (including phenoxy) is 2. The number of carbonyl (C=O) groups is 2. The second-order valence-electron chi connectivity index (χ2n) is 8.55. The maximum Gasteiger partial charge on any atom is 0.271 e. The highest BCUT2D eigenvalue weighted by Crippen LogP contribution is 2.40. The molecule has 4 aromatic carbocycles. The van der Waals surface area contributed by atoms with Gasteiger partial charge in [-0.15, -0.1) is 0 Å². The van der Waals surface area contributed by atoms with Crippen LogP contribution in [0.15, 0.2) is 117 Å². The summed E-state index contributed by atoms with van der Waals surface area (Å²) in [5, 5.41) is 3.35. The third-order valence-electron chi connectivity index (χ3n) is 5.76. The number of rotatable bonds is 8. The van der Waals surface area contributed by atoms with Gasteiger partial charge in [0.25, 0.3) is 11.8 Å². The van der Waals surface area contributed by atoms with Gasteiger partial charge in [-0.3, -0.25) is 14.5 Å². The number of anilines is 2. The number of thioether (sulfide) groups is 1. The molecule has 200 valence electrons. The average Bonchev–Trinajstić information content (AvgIpc) is 3.27. The predicted molar refractivity (Wildman–Crippen MR) is 164 cm³/mol. The van der Waals surface area contributed by atoms with Crippen molar-refractivity contribution in [3.05, 3.63) is 118 Å². The van der Waals surface area contributed by atoms with Gasteiger partial charge in [-0.25, -0.2) is 4.99 Å². The second-order valence-corrected chi connectivity index (χ2v) is 10.4. The lowest BCUT2D eigenvalue weighted by molar-refractivity contribution is -0.118. The van der Waals surface area contributed by atoms with Crippen molar-refractivity contribution in [3.8, 4) is 11.5 Å². The number of nitrogens with zero attached hydrogens (tertiary/aromatic N) is 2. The molecule has 0 radical (unpaired) electrons. The van der Waals surface area contributed by atoms with Crippen LogP contribution in [0.3, 0.4) is 0 Å². The number of hydrogen-bond acceptors (Lipinski definition) is 6. The Hall–Kier alpha value is -4.34. The molecule has 4 aromatic rings. The summed E-state index contributed by atoms with van der Waals surface area (Å²) < 4.78 is 11.9. The smallest absolute Gasteiger partial charge is 0.271 e. The first-order valence-corrected chi connectivity index (χ1v) is 13.9. The summed E-state index contributed by atoms with van der Waals surface area (Å²) in [6, 6.07) is 31.7. The number of para-hydroxylation sites is 3. The molecule has 0 unspecified atom stereocenters. The van der Waals surface area contributed by atoms with Crippen molar-refractivity contribution in [1.82, 2.24) is 0 Å². The fourth-order valence-corrected chi connectivity index (χ4v) is 5.51. The Kier molecular flexibility index (Phi) is 8.63. The monoisotopic (exact) mass is 613 g/mol. The molecule has 2 amide bonds. The third kappa shape index (κ3) is 6.44. The summed E-state index contributed by atoms with van der Waals surface area (Å²) in [6.45, 7) is -0.204. The molecule has 1 N–H and O–H groups in total. The molecule has 9 heteroatoms. The second kappa shape index (κ2) is 12.7. The van der Waals surface area contributed by atoms with Crippen LogP contribution in [0.5, 0.6) is 11.5 Å². The lowest BCUT2D eigenvalue weighted by Gasteiger charge is -2.15. The zero-order valence-corrected chi connectivity index (χ0v) is 23.8. The lowest BCUT2D eigenvalue weighted by Crippen LogP contribution is -2.28. The highest BCUT2D eigenvalue weighted by Gasteiger charge is 2.34. The number of nitrogens with one attached hydrogen (secondary N) is 1. The van der Waals surface area contributed by atoms with Gasteiger partial charge >= 0.3 is 0 Å². The first-order chi connectivity index (χ1) is 19.5. The number of aliphatic imine (C=N–C) groups is 1. The van der Waals surface area contributed by atoms with Gasteiger partial charge in [-0.2, -0.15) is 0 Å². The van der Waals surface area contributed by atoms with Crippen molar-refractivity contribution >= 4 is 67.8 Å². The SMILES string of the molecule is COc1cc(/C=C2\SC(=Nc3ccccc3)N(c3ccccc3)C2=O)cc(Br)c1OCC(=O)Nc1ccccc1. The van der Waals surface area contributed by atoms with Crippen LogP contribution < -0.4 is 19.7 Å². The number of benzene rings is 4. The lowest BCUT2D eigenvalue weighted by atomic mass is 10.1. The number of amides is 2. The summed E-state index contributed by atoms with van der Waals surface area (Å²) in [7, 11) is 1.52. The minimum atomic E-state index is -0.300. The molecule has 1 aliphatic rings. The molecule has 1 aliphatic heterocycles. The number of halogens is 1. The van der Waals surface area contributed by atoms with Crippen LogP contribution in [0.2, 0.25) is 0 Å². The van der Waals surface area contributed by atoms with E-state index >= 15 is 0 Å². The topological polar surface area (TPSA) is 80.2 Å². The van der Waals surface area contributed by atoms with Crippen molar-refractivity contribution in [2.24, 2.45) is 4.99 Å². The van der Waals surface area contributed by atoms with Crippen LogP contribution in [0.4, 0.5) is 17.1 Å². The first-order valence-electron chi connectivity index (χ1n) is 12.3. The predicted octanol–water partition coefficient (Wildman–Crippen LogP) is 7.28. The van der Waals surface area contributed by atoms with Crippen molar-refractivity contribution in [1.29, 1.82) is 0 Å². The van der Waals surface area contributed by atoms with E-state index in [1.807, 2.05) is 84.9 Å². The van der Waals surface area contributed by atoms with Gasteiger partial charge in [-0.05, 0) is 87.9 Å². The molecule has 40 heavy (non-hydrogen) atoms. The number of hydrogen-bond donors (Lipinski definition) is 1. The van der Waals surface area contributed by atoms with Gasteiger partial charge in [0, 0.05) is 5.69 Å². The summed E-state index contributed by atoms with van der Waals surface area (Å²) in [4.78, 5) is 32.8. The Labute approximate surface area is 244 Å². The van der Waals surface area contributed by atoms with Crippen LogP contribution in [0.25, 0.3) is 6.08 Å². The van der Waals surface area contributed by atoms with E-state index in [0.29, 0.717) is 31.7 Å². The molecular formula is C31H24BrN3O4S. The van der Waals surface area contributed by atoms with Crippen LogP contribution in [-0.2, 0) is 9.59 Å². The van der Waals surface area contributed by atoms with Crippen molar-refractivity contribution < 1.29 is 19.1 Å². The molecule has 0 bridgehead atoms. The van der Waals surface area contributed by atoms with Gasteiger partial charge in [0.15, 0.2) is 23.3 Å². The third-order valence-corrected chi connectivity index (χ3v) is 7.31. The van der Waals surface area contributed by atoms with E-state index in [9.17, 15) is 9.59 Å². The molecule has 0 atom stereocenters. The molecule has 5 rings (SSSR count). The highest BCUT2D eigenvalue weighted by molar-refractivity contribution is 9.10. The number of amidine groups is 1. The quantitative estimate of drug-likeness (QED) is 0.211. The Morgan fingerprint density at radius 1 is 0.975 bits per heavy atom. The maximum atomic E-state index is 13.6. The fourth-order valence-electron chi connectivity index (χ4n) is 3.94. The molecular weight excluding hydrogens is 590 g/mol. The van der Waals surface area contributed by atoms with Gasteiger partial charge < -0.3 is 14.8 Å². The zero-order valence-electron chi connectivity index (χ0n) is 21.4. The Bertz CT molecular complexity index is 1580. The molecule has 0 spiro atoms. The molecule has 0 aromatic heterocycles. The van der Waals surface area contributed by atoms with E-state index in [4.69, 9.17) is 14.5 Å². The number of carbonyl (C=O) groups excluding carboxylic acids is 2. The van der Waals surface area contributed by atoms with Crippen LogP contribution >= 0.6 is 27.7 Å². The molecule has 1 saturated heterocycles. The Morgan fingerprint density at radius 2 is 1.62 bits per heavy atom. The van der Waals surface area contributed by atoms with E-state index in [-0.39, 0.29) is 18.4 Å². The number of methoxy groups -OCH3 is 1. The zero-order chi connectivity index (χ0) is 27.9. The summed E-state index contributed by atoms with van der Waals surface area (Å²) in [5.41, 5.74) is 2.88. The summed E-state index contributed by atoms with van der Waals surface area (Å²) >= 11 is 4.83. The van der Waals surface area contributed by atoms with E-state index in [1.165, 1.54) is 18.9 Å². The van der Waals surface area contributed by atoms with Crippen molar-refractivity contribution in [2.45, 2.75) is 0 Å². The van der Waals surface area contributed by atoms with Gasteiger partial charge in [0.1, 0.15) is 0 Å². The molecule has 0 saturated carbocycles. The van der Waals surface area contributed by atoms with Crippen molar-refractivity contribution in [3.63, 3.8) is 0 Å². The first kappa shape index (κ1) is 27.2. The normalized spacial score (nSPS) is 14.9. The van der Waals surface area contributed by atoms with E-state index in [1.54, 1.807) is 29.2 Å². The Balaban J connectivity index is 1.40.